The highest BCUT2D eigenvalue weighted by atomic mass is 32.2. The minimum Gasteiger partial charge on any atom is -0.368 e. The number of nitrogens with two attached hydrogens (primary N) is 2. The molecule has 0 saturated carbocycles. The zero-order chi connectivity index (χ0) is 10.7. The molecule has 3 amide bonds. The maximum absolute atomic E-state index is 11.1. The summed E-state index contributed by atoms with van der Waals surface area (Å²) in [6.07, 6.45) is 0.148. The molecule has 14 heavy (non-hydrogen) atoms. The van der Waals surface area contributed by atoms with Crippen LogP contribution < -0.4 is 16.8 Å². The second kappa shape index (κ2) is 4.43. The Hall–Kier alpha value is -1.08. The van der Waals surface area contributed by atoms with Crippen LogP contribution in [0.4, 0.5) is 0 Å². The Balaban J connectivity index is 2.35. The van der Waals surface area contributed by atoms with Crippen molar-refractivity contribution in [3.63, 3.8) is 0 Å². The van der Waals surface area contributed by atoms with Gasteiger partial charge in [-0.3, -0.25) is 19.7 Å². The van der Waals surface area contributed by atoms with Gasteiger partial charge in [0.15, 0.2) is 0 Å². The fourth-order valence-electron chi connectivity index (χ4n) is 0.967. The summed E-state index contributed by atoms with van der Waals surface area (Å²) in [6.45, 7) is 0. The summed E-state index contributed by atoms with van der Waals surface area (Å²) in [5.41, 5.74) is 10.3. The smallest absolute Gasteiger partial charge is 0.240 e. The van der Waals surface area contributed by atoms with Crippen LogP contribution in [0.15, 0.2) is 0 Å². The molecular weight excluding hydrogens is 206 g/mol. The zero-order valence-corrected chi connectivity index (χ0v) is 8.17. The fraction of sp³-hybridized carbons (Fsp3) is 0.571. The highest BCUT2D eigenvalue weighted by molar-refractivity contribution is 8.00. The van der Waals surface area contributed by atoms with Crippen LogP contribution >= 0.6 is 11.8 Å². The average Bonchev–Trinajstić information content (AvgIpc) is 2.40. The van der Waals surface area contributed by atoms with Gasteiger partial charge < -0.3 is 11.5 Å². The average molecular weight is 217 g/mol. The minimum atomic E-state index is -0.775. The van der Waals surface area contributed by atoms with Crippen LogP contribution in [0.2, 0.25) is 0 Å². The van der Waals surface area contributed by atoms with E-state index in [0.717, 1.165) is 0 Å². The van der Waals surface area contributed by atoms with Crippen molar-refractivity contribution in [3.8, 4) is 0 Å². The van der Waals surface area contributed by atoms with E-state index in [0.29, 0.717) is 0 Å². The first-order valence-corrected chi connectivity index (χ1v) is 5.05. The number of hydrogen-bond donors (Lipinski definition) is 3. The lowest BCUT2D eigenvalue weighted by atomic mass is 10.3. The van der Waals surface area contributed by atoms with Crippen molar-refractivity contribution in [1.82, 2.24) is 5.32 Å². The molecule has 1 rings (SSSR count). The summed E-state index contributed by atoms with van der Waals surface area (Å²) >= 11 is 1.17. The molecule has 0 aromatic carbocycles. The van der Waals surface area contributed by atoms with Gasteiger partial charge in [-0.15, -0.1) is 11.8 Å². The first-order valence-electron chi connectivity index (χ1n) is 4.01. The Morgan fingerprint density at radius 2 is 2.29 bits per heavy atom. The van der Waals surface area contributed by atoms with Crippen LogP contribution in [0, 0.1) is 0 Å². The van der Waals surface area contributed by atoms with Crippen molar-refractivity contribution in [2.24, 2.45) is 11.5 Å². The zero-order valence-electron chi connectivity index (χ0n) is 7.36. The molecule has 0 aromatic rings. The lowest BCUT2D eigenvalue weighted by Gasteiger charge is -2.09. The maximum atomic E-state index is 11.1. The van der Waals surface area contributed by atoms with E-state index in [9.17, 15) is 14.4 Å². The number of carbonyl (C=O) groups excluding carboxylic acids is 3. The van der Waals surface area contributed by atoms with Gasteiger partial charge in [0.1, 0.15) is 0 Å². The number of nitrogens with one attached hydrogen (secondary N) is 1. The third-order valence-electron chi connectivity index (χ3n) is 1.77. The predicted molar refractivity (Wildman–Crippen MR) is 51.2 cm³/mol. The van der Waals surface area contributed by atoms with Gasteiger partial charge in [0.05, 0.1) is 11.3 Å². The van der Waals surface area contributed by atoms with Gasteiger partial charge in [-0.25, -0.2) is 0 Å². The molecule has 1 saturated heterocycles. The quantitative estimate of drug-likeness (QED) is 0.469. The van der Waals surface area contributed by atoms with Gasteiger partial charge in [-0.05, 0) is 0 Å². The Morgan fingerprint density at radius 1 is 1.64 bits per heavy atom. The van der Waals surface area contributed by atoms with Gasteiger partial charge in [0.25, 0.3) is 0 Å². The van der Waals surface area contributed by atoms with Crippen molar-refractivity contribution in [3.05, 3.63) is 0 Å². The molecule has 1 heterocycles. The van der Waals surface area contributed by atoms with E-state index >= 15 is 0 Å². The molecule has 2 atom stereocenters. The van der Waals surface area contributed by atoms with E-state index in [1.807, 2.05) is 0 Å². The maximum Gasteiger partial charge on any atom is 0.240 e. The van der Waals surface area contributed by atoms with Crippen LogP contribution in [0.1, 0.15) is 6.42 Å². The van der Waals surface area contributed by atoms with Crippen molar-refractivity contribution in [2.75, 3.05) is 5.75 Å². The van der Waals surface area contributed by atoms with E-state index < -0.39 is 17.2 Å². The standard InChI is InChI=1S/C7H11N3O3S/c8-3(6(9)12)2-14-4-1-5(11)10-7(4)13/h3-4H,1-2,8H2,(H2,9,12)(H,10,11,13)/t3-,4?/m1/s1. The SMILES string of the molecule is NC(=O)[C@H](N)CSC1CC(=O)NC1=O. The van der Waals surface area contributed by atoms with Crippen LogP contribution in [0.3, 0.4) is 0 Å². The summed E-state index contributed by atoms with van der Waals surface area (Å²) in [7, 11) is 0. The number of imide groups is 1. The number of amides is 3. The normalized spacial score (nSPS) is 23.4. The Kier molecular flexibility index (Phi) is 3.48. The van der Waals surface area contributed by atoms with E-state index in [2.05, 4.69) is 5.32 Å². The second-order valence-corrected chi connectivity index (χ2v) is 4.18. The summed E-state index contributed by atoms with van der Waals surface area (Å²) < 4.78 is 0. The number of thioether (sulfide) groups is 1. The highest BCUT2D eigenvalue weighted by Gasteiger charge is 2.31. The summed E-state index contributed by atoms with van der Waals surface area (Å²) in [6, 6.07) is -0.775. The first-order chi connectivity index (χ1) is 6.50. The molecule has 6 nitrogen and oxygen atoms in total. The second-order valence-electron chi connectivity index (χ2n) is 2.95. The minimum absolute atomic E-state index is 0.148. The molecule has 78 valence electrons. The molecule has 0 spiro atoms. The molecular formula is C7H11N3O3S. The molecule has 1 aliphatic heterocycles. The van der Waals surface area contributed by atoms with Gasteiger partial charge in [-0.2, -0.15) is 0 Å². The Labute approximate surface area is 84.8 Å². The summed E-state index contributed by atoms with van der Waals surface area (Å²) in [4.78, 5) is 32.4. The Morgan fingerprint density at radius 3 is 2.71 bits per heavy atom. The van der Waals surface area contributed by atoms with Crippen LogP contribution in [-0.4, -0.2) is 34.8 Å². The monoisotopic (exact) mass is 217 g/mol. The third-order valence-corrected chi connectivity index (χ3v) is 3.10. The molecule has 7 heteroatoms. The van der Waals surface area contributed by atoms with E-state index in [1.165, 1.54) is 11.8 Å². The first kappa shape index (κ1) is 11.0. The van der Waals surface area contributed by atoms with E-state index in [4.69, 9.17) is 11.5 Å². The molecule has 5 N–H and O–H groups in total. The lowest BCUT2D eigenvalue weighted by molar-refractivity contribution is -0.124. The van der Waals surface area contributed by atoms with E-state index in [1.54, 1.807) is 0 Å². The molecule has 1 fully saturated rings. The summed E-state index contributed by atoms with van der Waals surface area (Å²) in [5, 5.41) is 1.73. The van der Waals surface area contributed by atoms with Crippen molar-refractivity contribution in [1.29, 1.82) is 0 Å². The fourth-order valence-corrected chi connectivity index (χ4v) is 2.05. The van der Waals surface area contributed by atoms with Crippen LogP contribution in [0.5, 0.6) is 0 Å². The number of primary amides is 1. The molecule has 0 aromatic heterocycles. The third kappa shape index (κ3) is 2.71. The van der Waals surface area contributed by atoms with Gasteiger partial charge in [0, 0.05) is 12.2 Å². The lowest BCUT2D eigenvalue weighted by Crippen LogP contribution is -2.39. The largest absolute Gasteiger partial charge is 0.368 e. The van der Waals surface area contributed by atoms with Crippen LogP contribution in [-0.2, 0) is 14.4 Å². The molecule has 1 unspecified atom stereocenters. The van der Waals surface area contributed by atoms with E-state index in [-0.39, 0.29) is 24.0 Å². The number of rotatable bonds is 4. The van der Waals surface area contributed by atoms with Crippen molar-refractivity contribution in [2.45, 2.75) is 17.7 Å². The topological polar surface area (TPSA) is 115 Å². The van der Waals surface area contributed by atoms with Crippen molar-refractivity contribution < 1.29 is 14.4 Å². The number of hydrogen-bond acceptors (Lipinski definition) is 5. The predicted octanol–water partition coefficient (Wildman–Crippen LogP) is -2.05. The number of carbonyl (C=O) groups is 3. The molecule has 0 aliphatic carbocycles. The van der Waals surface area contributed by atoms with Crippen molar-refractivity contribution >= 4 is 29.5 Å². The van der Waals surface area contributed by atoms with Gasteiger partial charge in [-0.1, -0.05) is 0 Å². The van der Waals surface area contributed by atoms with Gasteiger partial charge >= 0.3 is 0 Å². The van der Waals surface area contributed by atoms with Crippen LogP contribution in [0.25, 0.3) is 0 Å². The summed E-state index contributed by atoms with van der Waals surface area (Å²) in [5.74, 6) is -0.972. The van der Waals surface area contributed by atoms with Gasteiger partial charge in [0.2, 0.25) is 17.7 Å². The Bertz CT molecular complexity index is 281. The molecule has 0 bridgehead atoms. The molecule has 0 radical (unpaired) electrons. The highest BCUT2D eigenvalue weighted by Crippen LogP contribution is 2.19. The molecule has 1 aliphatic rings.